The second-order valence-corrected chi connectivity index (χ2v) is 7.40. The van der Waals surface area contributed by atoms with Crippen LogP contribution in [0.3, 0.4) is 0 Å². The van der Waals surface area contributed by atoms with Gasteiger partial charge in [0.15, 0.2) is 0 Å². The first-order valence-corrected chi connectivity index (χ1v) is 9.78. The summed E-state index contributed by atoms with van der Waals surface area (Å²) in [5.41, 5.74) is 0.901. The number of halogens is 1. The lowest BCUT2D eigenvalue weighted by atomic mass is 10.1. The fourth-order valence-corrected chi connectivity index (χ4v) is 3.56. The number of hydrogen-bond acceptors (Lipinski definition) is 5. The molecule has 0 spiro atoms. The maximum absolute atomic E-state index is 12.8. The Hall–Kier alpha value is -3.26. The Morgan fingerprint density at radius 1 is 1.10 bits per heavy atom. The summed E-state index contributed by atoms with van der Waals surface area (Å²) in [6.07, 6.45) is 2.95. The van der Waals surface area contributed by atoms with Crippen molar-refractivity contribution in [2.75, 3.05) is 18.4 Å². The van der Waals surface area contributed by atoms with Crippen molar-refractivity contribution in [2.45, 2.75) is 26.2 Å². The highest BCUT2D eigenvalue weighted by Gasteiger charge is 2.22. The number of piperidine rings is 1. The minimum Gasteiger partial charge on any atom is -0.507 e. The lowest BCUT2D eigenvalue weighted by molar-refractivity contribution is -0.147. The highest BCUT2D eigenvalue weighted by molar-refractivity contribution is 6.37. The van der Waals surface area contributed by atoms with E-state index in [1.807, 2.05) is 0 Å². The Morgan fingerprint density at radius 3 is 2.43 bits per heavy atom. The molecule has 8 nitrogen and oxygen atoms in total. The number of nitrogens with one attached hydrogen (secondary N) is 1. The Kier molecular flexibility index (Phi) is 6.47. The van der Waals surface area contributed by atoms with Crippen LogP contribution in [-0.4, -0.2) is 46.0 Å². The monoisotopic (exact) mass is 432 g/mol. The summed E-state index contributed by atoms with van der Waals surface area (Å²) in [4.78, 5) is 36.5. The van der Waals surface area contributed by atoms with Crippen LogP contribution in [0.1, 0.15) is 35.2 Å². The number of aromatic hydroxyl groups is 1. The van der Waals surface area contributed by atoms with Crippen LogP contribution in [-0.2, 0) is 9.59 Å². The summed E-state index contributed by atoms with van der Waals surface area (Å²) < 4.78 is 5.84. The van der Waals surface area contributed by atoms with Crippen molar-refractivity contribution in [1.82, 2.24) is 4.90 Å². The number of carboxylic acids is 1. The van der Waals surface area contributed by atoms with E-state index in [4.69, 9.17) is 21.4 Å². The molecule has 2 amide bonds. The minimum atomic E-state index is -1.61. The standard InChI is InChI=1S/C21H21ClN2O6/c1-12-9-13(23-19(26)21(28)29)10-16(22)18(12)30-14-5-6-17(25)15(11-14)20(27)24-7-3-2-4-8-24/h5-6,9-11,25H,2-4,7-8H2,1H3,(H,23,26)(H,28,29). The smallest absolute Gasteiger partial charge is 0.394 e. The van der Waals surface area contributed by atoms with Gasteiger partial charge in [0.2, 0.25) is 0 Å². The molecule has 0 aliphatic carbocycles. The second-order valence-electron chi connectivity index (χ2n) is 7.00. The first-order valence-electron chi connectivity index (χ1n) is 9.41. The van der Waals surface area contributed by atoms with Gasteiger partial charge in [-0.15, -0.1) is 0 Å². The number of ether oxygens (including phenoxy) is 1. The summed E-state index contributed by atoms with van der Waals surface area (Å²) in [5, 5.41) is 21.2. The van der Waals surface area contributed by atoms with Gasteiger partial charge in [0.05, 0.1) is 10.6 Å². The molecule has 2 aromatic rings. The third-order valence-electron chi connectivity index (χ3n) is 4.74. The minimum absolute atomic E-state index is 0.132. The van der Waals surface area contributed by atoms with E-state index < -0.39 is 11.9 Å². The molecule has 0 atom stereocenters. The number of anilines is 1. The maximum Gasteiger partial charge on any atom is 0.394 e. The SMILES string of the molecule is Cc1cc(NC(=O)C(=O)O)cc(Cl)c1Oc1ccc(O)c(C(=O)N2CCCCC2)c1. The maximum atomic E-state index is 12.8. The first kappa shape index (κ1) is 21.4. The molecule has 0 radical (unpaired) electrons. The molecule has 1 fully saturated rings. The van der Waals surface area contributed by atoms with Crippen LogP contribution >= 0.6 is 11.6 Å². The number of amides is 2. The van der Waals surface area contributed by atoms with Gasteiger partial charge in [-0.1, -0.05) is 11.6 Å². The Morgan fingerprint density at radius 2 is 1.80 bits per heavy atom. The van der Waals surface area contributed by atoms with E-state index in [0.29, 0.717) is 24.4 Å². The Bertz CT molecular complexity index is 978. The molecule has 2 aromatic carbocycles. The van der Waals surface area contributed by atoms with Crippen molar-refractivity contribution in [3.05, 3.63) is 46.5 Å². The van der Waals surface area contributed by atoms with Crippen LogP contribution < -0.4 is 10.1 Å². The lowest BCUT2D eigenvalue weighted by Gasteiger charge is -2.27. The van der Waals surface area contributed by atoms with Crippen molar-refractivity contribution in [3.63, 3.8) is 0 Å². The summed E-state index contributed by atoms with van der Waals surface area (Å²) in [6, 6.07) is 7.24. The molecule has 0 saturated carbocycles. The number of phenolic OH excluding ortho intramolecular Hbond substituents is 1. The molecule has 9 heteroatoms. The Balaban J connectivity index is 1.83. The highest BCUT2D eigenvalue weighted by Crippen LogP contribution is 2.37. The molecule has 0 unspecified atom stereocenters. The second kappa shape index (κ2) is 9.04. The molecular formula is C21H21ClN2O6. The molecule has 0 bridgehead atoms. The number of phenols is 1. The zero-order valence-electron chi connectivity index (χ0n) is 16.3. The van der Waals surface area contributed by atoms with Gasteiger partial charge >= 0.3 is 11.9 Å². The number of rotatable bonds is 4. The van der Waals surface area contributed by atoms with Gasteiger partial charge in [-0.3, -0.25) is 9.59 Å². The predicted molar refractivity (Wildman–Crippen MR) is 110 cm³/mol. The van der Waals surface area contributed by atoms with E-state index in [-0.39, 0.29) is 33.7 Å². The summed E-state index contributed by atoms with van der Waals surface area (Å²) in [6.45, 7) is 2.98. The number of benzene rings is 2. The quantitative estimate of drug-likeness (QED) is 0.633. The number of hydrogen-bond donors (Lipinski definition) is 3. The molecular weight excluding hydrogens is 412 g/mol. The number of carbonyl (C=O) groups is 3. The average molecular weight is 433 g/mol. The third kappa shape index (κ3) is 4.83. The van der Waals surface area contributed by atoms with E-state index in [1.54, 1.807) is 11.8 Å². The van der Waals surface area contributed by atoms with E-state index in [9.17, 15) is 19.5 Å². The van der Waals surface area contributed by atoms with Crippen LogP contribution in [0.4, 0.5) is 5.69 Å². The molecule has 1 aliphatic heterocycles. The van der Waals surface area contributed by atoms with E-state index in [0.717, 1.165) is 19.3 Å². The average Bonchev–Trinajstić information content (AvgIpc) is 2.72. The van der Waals surface area contributed by atoms with Crippen LogP contribution in [0.2, 0.25) is 5.02 Å². The van der Waals surface area contributed by atoms with Gasteiger partial charge in [0, 0.05) is 18.8 Å². The van der Waals surface area contributed by atoms with Crippen LogP contribution in [0.15, 0.2) is 30.3 Å². The Labute approximate surface area is 178 Å². The van der Waals surface area contributed by atoms with Gasteiger partial charge in [-0.2, -0.15) is 0 Å². The number of carbonyl (C=O) groups excluding carboxylic acids is 2. The number of aryl methyl sites for hydroxylation is 1. The lowest BCUT2D eigenvalue weighted by Crippen LogP contribution is -2.35. The molecule has 1 saturated heterocycles. The largest absolute Gasteiger partial charge is 0.507 e. The molecule has 3 N–H and O–H groups in total. The number of carboxylic acid groups (broad SMARTS) is 1. The van der Waals surface area contributed by atoms with Crippen LogP contribution in [0.5, 0.6) is 17.2 Å². The van der Waals surface area contributed by atoms with E-state index >= 15 is 0 Å². The number of aliphatic carboxylic acids is 1. The fraction of sp³-hybridized carbons (Fsp3) is 0.286. The van der Waals surface area contributed by atoms with Crippen molar-refractivity contribution in [3.8, 4) is 17.2 Å². The van der Waals surface area contributed by atoms with Crippen molar-refractivity contribution < 1.29 is 29.3 Å². The zero-order chi connectivity index (χ0) is 21.8. The fourth-order valence-electron chi connectivity index (χ4n) is 3.25. The summed E-state index contributed by atoms with van der Waals surface area (Å²) in [7, 11) is 0. The molecule has 158 valence electrons. The van der Waals surface area contributed by atoms with Gasteiger partial charge in [0.25, 0.3) is 5.91 Å². The molecule has 0 aromatic heterocycles. The van der Waals surface area contributed by atoms with Gasteiger partial charge in [-0.05, 0) is 62.1 Å². The van der Waals surface area contributed by atoms with Crippen LogP contribution in [0.25, 0.3) is 0 Å². The zero-order valence-corrected chi connectivity index (χ0v) is 17.0. The van der Waals surface area contributed by atoms with Crippen molar-refractivity contribution in [2.24, 2.45) is 0 Å². The highest BCUT2D eigenvalue weighted by atomic mass is 35.5. The molecule has 3 rings (SSSR count). The van der Waals surface area contributed by atoms with Gasteiger partial charge in [-0.25, -0.2) is 4.79 Å². The first-order chi connectivity index (χ1) is 14.3. The predicted octanol–water partition coefficient (Wildman–Crippen LogP) is 3.80. The third-order valence-corrected chi connectivity index (χ3v) is 5.02. The topological polar surface area (TPSA) is 116 Å². The molecule has 1 heterocycles. The normalized spacial score (nSPS) is 13.6. The number of nitrogens with zero attached hydrogens (tertiary/aromatic N) is 1. The molecule has 1 aliphatic rings. The summed E-state index contributed by atoms with van der Waals surface area (Å²) >= 11 is 6.25. The van der Waals surface area contributed by atoms with Crippen molar-refractivity contribution in [1.29, 1.82) is 0 Å². The summed E-state index contributed by atoms with van der Waals surface area (Å²) in [5.74, 6) is -2.59. The van der Waals surface area contributed by atoms with E-state index in [2.05, 4.69) is 5.32 Å². The van der Waals surface area contributed by atoms with Crippen molar-refractivity contribution >= 4 is 35.1 Å². The van der Waals surface area contributed by atoms with Crippen LogP contribution in [0, 0.1) is 6.92 Å². The molecule has 30 heavy (non-hydrogen) atoms. The van der Waals surface area contributed by atoms with Gasteiger partial charge in [0.1, 0.15) is 17.2 Å². The van der Waals surface area contributed by atoms with Gasteiger partial charge < -0.3 is 25.2 Å². The number of likely N-dealkylation sites (tertiary alicyclic amines) is 1. The van der Waals surface area contributed by atoms with E-state index in [1.165, 1.54) is 30.3 Å².